The minimum absolute atomic E-state index is 0.142. The number of likely N-dealkylation sites (tertiary alicyclic amines) is 2. The molecule has 3 saturated heterocycles. The molecule has 9 nitrogen and oxygen atoms in total. The van der Waals surface area contributed by atoms with Crippen molar-refractivity contribution >= 4 is 27.2 Å². The molecule has 4 aliphatic rings. The maximum absolute atomic E-state index is 11.9. The Morgan fingerprint density at radius 2 is 1.87 bits per heavy atom. The third-order valence-electron chi connectivity index (χ3n) is 8.51. The van der Waals surface area contributed by atoms with E-state index in [0.717, 1.165) is 78.9 Å². The van der Waals surface area contributed by atoms with Gasteiger partial charge in [0.1, 0.15) is 30.3 Å². The predicted octanol–water partition coefficient (Wildman–Crippen LogP) is 3.06. The Hall–Kier alpha value is -3.29. The number of fused-ring (bicyclic) bond motifs is 2. The predicted molar refractivity (Wildman–Crippen MR) is 153 cm³/mol. The molecule has 0 spiro atoms. The highest BCUT2D eigenvalue weighted by atomic mass is 32.2. The summed E-state index contributed by atoms with van der Waals surface area (Å²) in [6.45, 7) is 13.5. The number of sulfone groups is 1. The third kappa shape index (κ3) is 5.18. The highest BCUT2D eigenvalue weighted by molar-refractivity contribution is 7.91. The van der Waals surface area contributed by atoms with Crippen molar-refractivity contribution in [3.05, 3.63) is 47.4 Å². The van der Waals surface area contributed by atoms with Gasteiger partial charge in [0.25, 0.3) is 0 Å². The minimum Gasteiger partial charge on any atom is -0.486 e. The SMILES string of the molecule is C=C(C#CC)N1CC(N2CCC(c3cc(C)c4c(c3)Nc3ncnc(N5CCS(=O)(=O)CC5)c3CO4)CC2)C1. The number of ether oxygens (including phenoxy) is 1. The first kappa shape index (κ1) is 26.0. The number of hydrogen-bond donors (Lipinski definition) is 1. The largest absolute Gasteiger partial charge is 0.486 e. The first-order chi connectivity index (χ1) is 18.8. The van der Waals surface area contributed by atoms with Crippen molar-refractivity contribution < 1.29 is 13.2 Å². The van der Waals surface area contributed by atoms with Crippen molar-refractivity contribution in [1.82, 2.24) is 19.8 Å². The average molecular weight is 549 g/mol. The molecule has 0 unspecified atom stereocenters. The molecule has 206 valence electrons. The maximum Gasteiger partial charge on any atom is 0.153 e. The van der Waals surface area contributed by atoms with Crippen LogP contribution in [0.5, 0.6) is 5.75 Å². The monoisotopic (exact) mass is 548 g/mol. The Morgan fingerprint density at radius 1 is 1.13 bits per heavy atom. The number of anilines is 3. The van der Waals surface area contributed by atoms with E-state index in [1.165, 1.54) is 5.56 Å². The first-order valence-corrected chi connectivity index (χ1v) is 15.6. The molecule has 0 saturated carbocycles. The Morgan fingerprint density at radius 3 is 2.59 bits per heavy atom. The molecule has 10 heteroatoms. The third-order valence-corrected chi connectivity index (χ3v) is 10.1. The molecule has 4 aliphatic heterocycles. The number of allylic oxidation sites excluding steroid dienone is 1. The van der Waals surface area contributed by atoms with Crippen LogP contribution in [0.3, 0.4) is 0 Å². The summed E-state index contributed by atoms with van der Waals surface area (Å²) in [6, 6.07) is 5.10. The second kappa shape index (κ2) is 10.4. The molecule has 5 heterocycles. The van der Waals surface area contributed by atoms with E-state index in [-0.39, 0.29) is 11.5 Å². The van der Waals surface area contributed by atoms with E-state index < -0.39 is 9.84 Å². The summed E-state index contributed by atoms with van der Waals surface area (Å²) in [6.07, 6.45) is 3.81. The lowest BCUT2D eigenvalue weighted by atomic mass is 9.87. The van der Waals surface area contributed by atoms with E-state index >= 15 is 0 Å². The molecule has 0 aliphatic carbocycles. The Bertz CT molecular complexity index is 1440. The quantitative estimate of drug-likeness (QED) is 0.579. The summed E-state index contributed by atoms with van der Waals surface area (Å²) in [4.78, 5) is 16.0. The summed E-state index contributed by atoms with van der Waals surface area (Å²) in [5.41, 5.74) is 5.17. The van der Waals surface area contributed by atoms with Crippen LogP contribution >= 0.6 is 0 Å². The molecule has 2 aromatic rings. The Labute approximate surface area is 231 Å². The molecule has 0 radical (unpaired) electrons. The van der Waals surface area contributed by atoms with E-state index in [4.69, 9.17) is 4.74 Å². The summed E-state index contributed by atoms with van der Waals surface area (Å²) >= 11 is 0. The maximum atomic E-state index is 11.9. The van der Waals surface area contributed by atoms with Gasteiger partial charge < -0.3 is 19.9 Å². The van der Waals surface area contributed by atoms with Gasteiger partial charge in [0.2, 0.25) is 0 Å². The van der Waals surface area contributed by atoms with E-state index in [9.17, 15) is 8.42 Å². The molecule has 0 atom stereocenters. The Balaban J connectivity index is 1.14. The Kier molecular flexibility index (Phi) is 6.89. The number of nitrogens with zero attached hydrogens (tertiary/aromatic N) is 5. The normalized spacial score (nSPS) is 21.3. The van der Waals surface area contributed by atoms with Crippen LogP contribution in [0.4, 0.5) is 17.3 Å². The van der Waals surface area contributed by atoms with Gasteiger partial charge in [-0.05, 0) is 62.9 Å². The zero-order chi connectivity index (χ0) is 27.1. The van der Waals surface area contributed by atoms with Crippen molar-refractivity contribution in [1.29, 1.82) is 0 Å². The molecule has 0 amide bonds. The van der Waals surface area contributed by atoms with E-state index in [0.29, 0.717) is 31.7 Å². The minimum atomic E-state index is -2.98. The van der Waals surface area contributed by atoms with E-state index in [1.54, 1.807) is 6.33 Å². The van der Waals surface area contributed by atoms with E-state index in [1.807, 2.05) is 11.8 Å². The van der Waals surface area contributed by atoms with Crippen molar-refractivity contribution in [2.24, 2.45) is 0 Å². The number of benzene rings is 1. The highest BCUT2D eigenvalue weighted by Crippen LogP contribution is 2.41. The topological polar surface area (TPSA) is 90.9 Å². The van der Waals surface area contributed by atoms with Crippen LogP contribution in [0.25, 0.3) is 0 Å². The van der Waals surface area contributed by atoms with Gasteiger partial charge >= 0.3 is 0 Å². The number of piperidine rings is 1. The van der Waals surface area contributed by atoms with Gasteiger partial charge in [0.15, 0.2) is 9.84 Å². The molecule has 1 N–H and O–H groups in total. The van der Waals surface area contributed by atoms with Crippen molar-refractivity contribution in [3.8, 4) is 17.6 Å². The van der Waals surface area contributed by atoms with Crippen molar-refractivity contribution in [2.75, 3.05) is 61.0 Å². The molecule has 1 aromatic heterocycles. The molecule has 1 aromatic carbocycles. The van der Waals surface area contributed by atoms with Crippen LogP contribution in [0.2, 0.25) is 0 Å². The second-order valence-corrected chi connectivity index (χ2v) is 13.3. The van der Waals surface area contributed by atoms with Crippen LogP contribution in [0.1, 0.15) is 42.4 Å². The highest BCUT2D eigenvalue weighted by Gasteiger charge is 2.35. The molecule has 0 bridgehead atoms. The fourth-order valence-electron chi connectivity index (χ4n) is 6.16. The zero-order valence-corrected chi connectivity index (χ0v) is 23.6. The van der Waals surface area contributed by atoms with Gasteiger partial charge in [-0.15, -0.1) is 0 Å². The van der Waals surface area contributed by atoms with Gasteiger partial charge in [-0.1, -0.05) is 24.5 Å². The summed E-state index contributed by atoms with van der Waals surface area (Å²) in [5.74, 6) is 9.12. The molecular weight excluding hydrogens is 512 g/mol. The van der Waals surface area contributed by atoms with Crippen LogP contribution in [0.15, 0.2) is 30.7 Å². The lowest BCUT2D eigenvalue weighted by molar-refractivity contribution is 0.0439. The fourth-order valence-corrected chi connectivity index (χ4v) is 7.36. The lowest BCUT2D eigenvalue weighted by Gasteiger charge is -2.48. The molecule has 3 fully saturated rings. The molecular formula is C29H36N6O3S. The number of rotatable bonds is 4. The van der Waals surface area contributed by atoms with Crippen LogP contribution in [-0.2, 0) is 16.4 Å². The standard InChI is InChI=1S/C29H36N6O3S/c1-4-5-21(3)35-16-24(17-35)33-8-6-22(7-9-33)23-14-20(2)27-26(15-23)32-28-25(18-38-27)29(31-19-30-28)34-10-12-39(36,37)13-11-34/h14-15,19,22,24H,3,6-13,16-18H2,1-2H3,(H,30,31,32). The number of nitrogens with one attached hydrogen (secondary N) is 1. The molecule has 6 rings (SSSR count). The summed E-state index contributed by atoms with van der Waals surface area (Å²) < 4.78 is 30.2. The molecule has 39 heavy (non-hydrogen) atoms. The number of hydrogen-bond acceptors (Lipinski definition) is 9. The zero-order valence-electron chi connectivity index (χ0n) is 22.7. The summed E-state index contributed by atoms with van der Waals surface area (Å²) in [7, 11) is -2.98. The lowest BCUT2D eigenvalue weighted by Crippen LogP contribution is -2.59. The average Bonchev–Trinajstić information content (AvgIpc) is 3.08. The van der Waals surface area contributed by atoms with Gasteiger partial charge in [0, 0.05) is 32.2 Å². The van der Waals surface area contributed by atoms with E-state index in [2.05, 4.69) is 62.6 Å². The van der Waals surface area contributed by atoms with Gasteiger partial charge in [-0.2, -0.15) is 0 Å². The van der Waals surface area contributed by atoms with Crippen LogP contribution in [0, 0.1) is 18.8 Å². The van der Waals surface area contributed by atoms with Gasteiger partial charge in [-0.3, -0.25) is 4.90 Å². The second-order valence-electron chi connectivity index (χ2n) is 11.0. The van der Waals surface area contributed by atoms with Crippen LogP contribution in [-0.4, -0.2) is 85.0 Å². The van der Waals surface area contributed by atoms with Crippen molar-refractivity contribution in [3.63, 3.8) is 0 Å². The van der Waals surface area contributed by atoms with Gasteiger partial charge in [0.05, 0.1) is 28.5 Å². The summed E-state index contributed by atoms with van der Waals surface area (Å²) in [5, 5.41) is 3.53. The number of aryl methyl sites for hydroxylation is 1. The fraction of sp³-hybridized carbons (Fsp3) is 0.517. The van der Waals surface area contributed by atoms with Crippen molar-refractivity contribution in [2.45, 2.75) is 45.3 Å². The number of aromatic nitrogens is 2. The van der Waals surface area contributed by atoms with Gasteiger partial charge in [-0.25, -0.2) is 18.4 Å². The first-order valence-electron chi connectivity index (χ1n) is 13.8. The van der Waals surface area contributed by atoms with Crippen LogP contribution < -0.4 is 15.0 Å². The smallest absolute Gasteiger partial charge is 0.153 e.